The SMILES string of the molecule is CCc1cccc(-c2ccnc(N3CCC(F)(F)C3)c2NC(O)c2cnc(C(C)C)nc2)n1. The standard InChI is InChI=1S/C24H28F2N6O/c1-4-17-6-5-7-19(30-17)18-8-10-27-22(32-11-9-24(25,26)14-32)20(18)31-23(33)16-12-28-21(15(2)3)29-13-16/h5-8,10,12-13,15,23,31,33H,4,9,11,14H2,1-3H3. The lowest BCUT2D eigenvalue weighted by molar-refractivity contribution is 0.0257. The van der Waals surface area contributed by atoms with Crippen LogP contribution in [0, 0.1) is 0 Å². The van der Waals surface area contributed by atoms with Crippen molar-refractivity contribution >= 4 is 11.5 Å². The summed E-state index contributed by atoms with van der Waals surface area (Å²) in [5, 5.41) is 14.0. The maximum Gasteiger partial charge on any atom is 0.266 e. The van der Waals surface area contributed by atoms with Crippen molar-refractivity contribution in [2.45, 2.75) is 51.7 Å². The summed E-state index contributed by atoms with van der Waals surface area (Å²) in [6.07, 6.45) is 4.07. The van der Waals surface area contributed by atoms with Crippen LogP contribution in [-0.4, -0.2) is 44.1 Å². The van der Waals surface area contributed by atoms with E-state index in [9.17, 15) is 13.9 Å². The minimum Gasteiger partial charge on any atom is -0.369 e. The topological polar surface area (TPSA) is 87.1 Å². The molecule has 1 aliphatic heterocycles. The molecular weight excluding hydrogens is 426 g/mol. The smallest absolute Gasteiger partial charge is 0.266 e. The quantitative estimate of drug-likeness (QED) is 0.506. The van der Waals surface area contributed by atoms with Gasteiger partial charge in [0.1, 0.15) is 5.82 Å². The maximum absolute atomic E-state index is 14.0. The number of anilines is 2. The van der Waals surface area contributed by atoms with Crippen LogP contribution < -0.4 is 10.2 Å². The van der Waals surface area contributed by atoms with Crippen molar-refractivity contribution in [2.24, 2.45) is 0 Å². The van der Waals surface area contributed by atoms with Gasteiger partial charge in [-0.15, -0.1) is 0 Å². The molecule has 9 heteroatoms. The molecule has 3 aromatic rings. The van der Waals surface area contributed by atoms with Crippen LogP contribution in [0.2, 0.25) is 0 Å². The summed E-state index contributed by atoms with van der Waals surface area (Å²) in [6.45, 7) is 5.73. The number of aliphatic hydroxyl groups excluding tert-OH is 1. The van der Waals surface area contributed by atoms with E-state index < -0.39 is 18.7 Å². The van der Waals surface area contributed by atoms with Gasteiger partial charge in [-0.25, -0.2) is 23.7 Å². The third-order valence-electron chi connectivity index (χ3n) is 5.65. The summed E-state index contributed by atoms with van der Waals surface area (Å²) in [5.41, 5.74) is 3.15. The number of rotatable bonds is 7. The van der Waals surface area contributed by atoms with Crippen molar-refractivity contribution in [3.05, 3.63) is 59.9 Å². The van der Waals surface area contributed by atoms with Gasteiger partial charge in [0.15, 0.2) is 12.0 Å². The number of hydrogen-bond donors (Lipinski definition) is 2. The molecule has 1 aliphatic rings. The van der Waals surface area contributed by atoms with E-state index in [-0.39, 0.29) is 18.9 Å². The molecule has 0 aliphatic carbocycles. The second-order valence-electron chi connectivity index (χ2n) is 8.53. The molecule has 0 bridgehead atoms. The van der Waals surface area contributed by atoms with Crippen molar-refractivity contribution < 1.29 is 13.9 Å². The van der Waals surface area contributed by atoms with Crippen molar-refractivity contribution in [3.8, 4) is 11.3 Å². The molecule has 2 N–H and O–H groups in total. The fourth-order valence-electron chi connectivity index (χ4n) is 3.80. The molecule has 4 heterocycles. The Hall–Kier alpha value is -3.20. The van der Waals surface area contributed by atoms with Crippen LogP contribution in [0.4, 0.5) is 20.3 Å². The molecular formula is C24H28F2N6O. The molecule has 1 fully saturated rings. The second-order valence-corrected chi connectivity index (χ2v) is 8.53. The van der Waals surface area contributed by atoms with Crippen LogP contribution in [0.1, 0.15) is 56.4 Å². The van der Waals surface area contributed by atoms with Crippen molar-refractivity contribution in [1.29, 1.82) is 0 Å². The highest BCUT2D eigenvalue weighted by atomic mass is 19.3. The Morgan fingerprint density at radius 3 is 2.55 bits per heavy atom. The number of aryl methyl sites for hydroxylation is 1. The zero-order chi connectivity index (χ0) is 23.6. The van der Waals surface area contributed by atoms with Gasteiger partial charge in [0, 0.05) is 54.3 Å². The Kier molecular flexibility index (Phi) is 6.51. The molecule has 0 spiro atoms. The number of aliphatic hydroxyl groups is 1. The third-order valence-corrected chi connectivity index (χ3v) is 5.65. The summed E-state index contributed by atoms with van der Waals surface area (Å²) in [5.74, 6) is -1.59. The van der Waals surface area contributed by atoms with E-state index in [1.165, 1.54) is 0 Å². The van der Waals surface area contributed by atoms with Crippen molar-refractivity contribution in [3.63, 3.8) is 0 Å². The number of pyridine rings is 2. The predicted octanol–water partition coefficient (Wildman–Crippen LogP) is 4.57. The summed E-state index contributed by atoms with van der Waals surface area (Å²) in [6, 6.07) is 7.47. The fraction of sp³-hybridized carbons (Fsp3) is 0.417. The van der Waals surface area contributed by atoms with Crippen LogP contribution in [0.3, 0.4) is 0 Å². The van der Waals surface area contributed by atoms with Gasteiger partial charge < -0.3 is 15.3 Å². The number of aromatic nitrogens is 4. The first kappa shape index (κ1) is 23.0. The molecule has 1 saturated heterocycles. The molecule has 4 rings (SSSR count). The molecule has 33 heavy (non-hydrogen) atoms. The molecule has 0 amide bonds. The van der Waals surface area contributed by atoms with Gasteiger partial charge in [0.05, 0.1) is 17.9 Å². The molecule has 1 atom stereocenters. The number of halogens is 2. The zero-order valence-corrected chi connectivity index (χ0v) is 19.0. The summed E-state index contributed by atoms with van der Waals surface area (Å²) < 4.78 is 28.0. The molecule has 1 unspecified atom stereocenters. The Bertz CT molecular complexity index is 1110. The minimum atomic E-state index is -2.78. The lowest BCUT2D eigenvalue weighted by atomic mass is 10.1. The minimum absolute atomic E-state index is 0.162. The van der Waals surface area contributed by atoms with E-state index in [2.05, 4.69) is 25.3 Å². The first-order valence-electron chi connectivity index (χ1n) is 11.1. The molecule has 174 valence electrons. The van der Waals surface area contributed by atoms with Crippen molar-refractivity contribution in [1.82, 2.24) is 19.9 Å². The number of nitrogens with one attached hydrogen (secondary N) is 1. The van der Waals surface area contributed by atoms with Crippen molar-refractivity contribution in [2.75, 3.05) is 23.3 Å². The number of hydrogen-bond acceptors (Lipinski definition) is 7. The van der Waals surface area contributed by atoms with Gasteiger partial charge in [-0.3, -0.25) is 4.98 Å². The largest absolute Gasteiger partial charge is 0.369 e. The monoisotopic (exact) mass is 454 g/mol. The zero-order valence-electron chi connectivity index (χ0n) is 19.0. The highest BCUT2D eigenvalue weighted by molar-refractivity contribution is 5.84. The molecule has 0 radical (unpaired) electrons. The average Bonchev–Trinajstić information content (AvgIpc) is 3.18. The van der Waals surface area contributed by atoms with Gasteiger partial charge in [-0.05, 0) is 24.6 Å². The van der Waals surface area contributed by atoms with E-state index in [1.54, 1.807) is 29.6 Å². The lowest BCUT2D eigenvalue weighted by Crippen LogP contribution is -2.27. The first-order valence-corrected chi connectivity index (χ1v) is 11.1. The summed E-state index contributed by atoms with van der Waals surface area (Å²) in [4.78, 5) is 19.3. The predicted molar refractivity (Wildman–Crippen MR) is 123 cm³/mol. The Balaban J connectivity index is 1.74. The van der Waals surface area contributed by atoms with Gasteiger partial charge in [0.25, 0.3) is 5.92 Å². The maximum atomic E-state index is 14.0. The van der Waals surface area contributed by atoms with Gasteiger partial charge in [-0.1, -0.05) is 26.8 Å². The molecule has 0 saturated carbocycles. The van der Waals surface area contributed by atoms with Crippen LogP contribution in [0.15, 0.2) is 42.9 Å². The van der Waals surface area contributed by atoms with E-state index in [0.29, 0.717) is 34.2 Å². The summed E-state index contributed by atoms with van der Waals surface area (Å²) >= 11 is 0. The average molecular weight is 455 g/mol. The second kappa shape index (κ2) is 9.35. The van der Waals surface area contributed by atoms with Crippen LogP contribution >= 0.6 is 0 Å². The lowest BCUT2D eigenvalue weighted by Gasteiger charge is -2.25. The first-order chi connectivity index (χ1) is 15.8. The molecule has 0 aromatic carbocycles. The van der Waals surface area contributed by atoms with Crippen LogP contribution in [0.5, 0.6) is 0 Å². The number of nitrogens with zero attached hydrogens (tertiary/aromatic N) is 5. The van der Waals surface area contributed by atoms with Crippen LogP contribution in [0.25, 0.3) is 11.3 Å². The van der Waals surface area contributed by atoms with E-state index in [1.807, 2.05) is 39.0 Å². The van der Waals surface area contributed by atoms with E-state index in [4.69, 9.17) is 0 Å². The normalized spacial score (nSPS) is 16.3. The Labute approximate surface area is 192 Å². The summed E-state index contributed by atoms with van der Waals surface area (Å²) in [7, 11) is 0. The highest BCUT2D eigenvalue weighted by Gasteiger charge is 2.40. The molecule has 3 aromatic heterocycles. The van der Waals surface area contributed by atoms with E-state index in [0.717, 1.165) is 12.1 Å². The van der Waals surface area contributed by atoms with Gasteiger partial charge >= 0.3 is 0 Å². The Morgan fingerprint density at radius 2 is 1.91 bits per heavy atom. The van der Waals surface area contributed by atoms with Crippen LogP contribution in [-0.2, 0) is 6.42 Å². The Morgan fingerprint density at radius 1 is 1.15 bits per heavy atom. The van der Waals surface area contributed by atoms with E-state index >= 15 is 0 Å². The highest BCUT2D eigenvalue weighted by Crippen LogP contribution is 2.39. The van der Waals surface area contributed by atoms with Gasteiger partial charge in [0.2, 0.25) is 0 Å². The third kappa shape index (κ3) is 5.08. The van der Waals surface area contributed by atoms with Gasteiger partial charge in [-0.2, -0.15) is 0 Å². The molecule has 7 nitrogen and oxygen atoms in total. The fourth-order valence-corrected chi connectivity index (χ4v) is 3.80. The number of alkyl halides is 2.